The smallest absolute Gasteiger partial charge is 0.309 e. The van der Waals surface area contributed by atoms with Gasteiger partial charge in [-0.2, -0.15) is 0 Å². The minimum atomic E-state index is -0.138. The third-order valence-corrected chi connectivity index (χ3v) is 3.47. The van der Waals surface area contributed by atoms with Crippen LogP contribution in [-0.4, -0.2) is 22.5 Å². The number of nitrogens with two attached hydrogens (primary N) is 1. The van der Waals surface area contributed by atoms with E-state index in [0.717, 1.165) is 18.4 Å². The summed E-state index contributed by atoms with van der Waals surface area (Å²) < 4.78 is 5.03. The molecule has 19 heavy (non-hydrogen) atoms. The number of halogens is 1. The summed E-state index contributed by atoms with van der Waals surface area (Å²) in [6.45, 7) is 2.22. The Balaban J connectivity index is 2.15. The number of anilines is 1. The quantitative estimate of drug-likeness (QED) is 0.680. The number of rotatable bonds is 3. The highest BCUT2D eigenvalue weighted by atomic mass is 35.5. The van der Waals surface area contributed by atoms with Crippen LogP contribution < -0.4 is 5.73 Å². The van der Waals surface area contributed by atoms with Crippen molar-refractivity contribution in [1.82, 2.24) is 9.97 Å². The molecule has 0 aliphatic heterocycles. The molecule has 1 aliphatic rings. The normalized spacial score (nSPS) is 18.8. The van der Waals surface area contributed by atoms with Gasteiger partial charge in [-0.25, -0.2) is 9.97 Å². The number of esters is 1. The Morgan fingerprint density at radius 3 is 2.95 bits per heavy atom. The fraction of sp³-hybridized carbons (Fsp3) is 0.462. The van der Waals surface area contributed by atoms with Gasteiger partial charge in [-0.3, -0.25) is 4.79 Å². The zero-order chi connectivity index (χ0) is 13.8. The summed E-state index contributed by atoms with van der Waals surface area (Å²) in [5.74, 6) is 0.162. The van der Waals surface area contributed by atoms with E-state index in [1.54, 1.807) is 0 Å². The highest BCUT2D eigenvalue weighted by Gasteiger charge is 2.24. The zero-order valence-corrected chi connectivity index (χ0v) is 11.5. The largest absolute Gasteiger partial charge is 0.466 e. The number of nitrogen functional groups attached to an aromatic ring is 1. The van der Waals surface area contributed by atoms with Gasteiger partial charge in [0.2, 0.25) is 0 Å². The summed E-state index contributed by atoms with van der Waals surface area (Å²) in [5.41, 5.74) is 7.52. The van der Waals surface area contributed by atoms with Gasteiger partial charge in [0.15, 0.2) is 0 Å². The minimum Gasteiger partial charge on any atom is -0.466 e. The van der Waals surface area contributed by atoms with E-state index < -0.39 is 0 Å². The summed E-state index contributed by atoms with van der Waals surface area (Å²) in [6, 6.07) is 0. The predicted octanol–water partition coefficient (Wildman–Crippen LogP) is 2.46. The molecule has 0 aromatic carbocycles. The van der Waals surface area contributed by atoms with Crippen molar-refractivity contribution in [3.8, 4) is 0 Å². The molecule has 2 N–H and O–H groups in total. The first-order chi connectivity index (χ1) is 9.13. The van der Waals surface area contributed by atoms with Crippen LogP contribution in [0.4, 0.5) is 5.82 Å². The molecular weight excluding hydrogens is 266 g/mol. The van der Waals surface area contributed by atoms with Crippen molar-refractivity contribution in [2.75, 3.05) is 12.3 Å². The Morgan fingerprint density at radius 1 is 1.58 bits per heavy atom. The maximum absolute atomic E-state index is 11.6. The van der Waals surface area contributed by atoms with E-state index in [-0.39, 0.29) is 11.9 Å². The van der Waals surface area contributed by atoms with E-state index in [0.29, 0.717) is 29.6 Å². The summed E-state index contributed by atoms with van der Waals surface area (Å²) in [6.07, 6.45) is 5.41. The summed E-state index contributed by atoms with van der Waals surface area (Å²) in [7, 11) is 0. The lowest BCUT2D eigenvalue weighted by Crippen LogP contribution is -2.19. The van der Waals surface area contributed by atoms with Gasteiger partial charge in [0.1, 0.15) is 17.3 Å². The van der Waals surface area contributed by atoms with Crippen molar-refractivity contribution in [2.45, 2.75) is 26.2 Å². The third kappa shape index (κ3) is 3.04. The number of allylic oxidation sites excluding steroid dienone is 2. The SMILES string of the molecule is CCOC(=O)C1CC=C(c2c(N)ncnc2Cl)CC1. The average Bonchev–Trinajstić information content (AvgIpc) is 2.39. The van der Waals surface area contributed by atoms with Crippen LogP contribution in [0.25, 0.3) is 5.57 Å². The van der Waals surface area contributed by atoms with E-state index in [9.17, 15) is 4.79 Å². The van der Waals surface area contributed by atoms with Gasteiger partial charge in [-0.05, 0) is 31.8 Å². The van der Waals surface area contributed by atoms with Gasteiger partial charge < -0.3 is 10.5 Å². The molecule has 1 aromatic rings. The van der Waals surface area contributed by atoms with Gasteiger partial charge in [0.25, 0.3) is 0 Å². The highest BCUT2D eigenvalue weighted by molar-refractivity contribution is 6.31. The number of aromatic nitrogens is 2. The first kappa shape index (κ1) is 13.8. The number of ether oxygens (including phenoxy) is 1. The molecule has 102 valence electrons. The number of hydrogen-bond acceptors (Lipinski definition) is 5. The van der Waals surface area contributed by atoms with Crippen molar-refractivity contribution in [2.24, 2.45) is 5.92 Å². The first-order valence-electron chi connectivity index (χ1n) is 6.25. The number of nitrogens with zero attached hydrogens (tertiary/aromatic N) is 2. The molecule has 0 fully saturated rings. The maximum atomic E-state index is 11.6. The summed E-state index contributed by atoms with van der Waals surface area (Å²) >= 11 is 6.05. The fourth-order valence-electron chi connectivity index (χ4n) is 2.21. The first-order valence-corrected chi connectivity index (χ1v) is 6.63. The molecule has 0 radical (unpaired) electrons. The number of carbonyl (C=O) groups excluding carboxylic acids is 1. The molecule has 2 rings (SSSR count). The second kappa shape index (κ2) is 6.02. The molecule has 0 saturated heterocycles. The van der Waals surface area contributed by atoms with Crippen molar-refractivity contribution in [3.05, 3.63) is 23.1 Å². The number of hydrogen-bond donors (Lipinski definition) is 1. The van der Waals surface area contributed by atoms with Crippen molar-refractivity contribution in [3.63, 3.8) is 0 Å². The lowest BCUT2D eigenvalue weighted by atomic mass is 9.87. The molecule has 1 aromatic heterocycles. The predicted molar refractivity (Wildman–Crippen MR) is 73.4 cm³/mol. The second-order valence-electron chi connectivity index (χ2n) is 4.38. The lowest BCUT2D eigenvalue weighted by molar-refractivity contribution is -0.148. The Kier molecular flexibility index (Phi) is 4.37. The molecule has 5 nitrogen and oxygen atoms in total. The molecule has 1 unspecified atom stereocenters. The molecule has 0 spiro atoms. The molecule has 1 atom stereocenters. The van der Waals surface area contributed by atoms with Crippen molar-refractivity contribution >= 4 is 29.0 Å². The van der Waals surface area contributed by atoms with Gasteiger partial charge >= 0.3 is 5.97 Å². The topological polar surface area (TPSA) is 78.1 Å². The van der Waals surface area contributed by atoms with E-state index in [1.165, 1.54) is 6.33 Å². The van der Waals surface area contributed by atoms with Crippen molar-refractivity contribution < 1.29 is 9.53 Å². The Labute approximate surface area is 116 Å². The van der Waals surface area contributed by atoms with E-state index in [2.05, 4.69) is 9.97 Å². The Hall–Kier alpha value is -1.62. The van der Waals surface area contributed by atoms with Gasteiger partial charge in [-0.15, -0.1) is 0 Å². The lowest BCUT2D eigenvalue weighted by Gasteiger charge is -2.21. The third-order valence-electron chi connectivity index (χ3n) is 3.18. The van der Waals surface area contributed by atoms with Crippen LogP contribution in [0.1, 0.15) is 31.7 Å². The Morgan fingerprint density at radius 2 is 2.37 bits per heavy atom. The molecule has 0 bridgehead atoms. The molecule has 1 aliphatic carbocycles. The van der Waals surface area contributed by atoms with Crippen LogP contribution in [0, 0.1) is 5.92 Å². The molecular formula is C13H16ClN3O2. The van der Waals surface area contributed by atoms with Crippen LogP contribution in [0.3, 0.4) is 0 Å². The molecule has 1 heterocycles. The van der Waals surface area contributed by atoms with E-state index >= 15 is 0 Å². The standard InChI is InChI=1S/C13H16ClN3O2/c1-2-19-13(18)9-5-3-8(4-6-9)10-11(14)16-7-17-12(10)15/h3,7,9H,2,4-6H2,1H3,(H2,15,16,17). The van der Waals surface area contributed by atoms with Gasteiger partial charge in [-0.1, -0.05) is 17.7 Å². The summed E-state index contributed by atoms with van der Waals surface area (Å²) in [4.78, 5) is 19.5. The second-order valence-corrected chi connectivity index (χ2v) is 4.74. The van der Waals surface area contributed by atoms with Crippen LogP contribution in [0.2, 0.25) is 5.15 Å². The molecule has 6 heteroatoms. The van der Waals surface area contributed by atoms with Gasteiger partial charge in [0, 0.05) is 0 Å². The monoisotopic (exact) mass is 281 g/mol. The summed E-state index contributed by atoms with van der Waals surface area (Å²) in [5, 5.41) is 0.355. The van der Waals surface area contributed by atoms with Crippen molar-refractivity contribution in [1.29, 1.82) is 0 Å². The van der Waals surface area contributed by atoms with E-state index in [4.69, 9.17) is 22.1 Å². The van der Waals surface area contributed by atoms with E-state index in [1.807, 2.05) is 13.0 Å². The van der Waals surface area contributed by atoms with Gasteiger partial charge in [0.05, 0.1) is 18.1 Å². The number of carbonyl (C=O) groups is 1. The van der Waals surface area contributed by atoms with Crippen LogP contribution in [0.15, 0.2) is 12.4 Å². The highest BCUT2D eigenvalue weighted by Crippen LogP contribution is 2.35. The zero-order valence-electron chi connectivity index (χ0n) is 10.7. The average molecular weight is 282 g/mol. The molecule has 0 amide bonds. The van der Waals surface area contributed by atoms with Crippen LogP contribution >= 0.6 is 11.6 Å². The Bertz CT molecular complexity index is 496. The van der Waals surface area contributed by atoms with Crippen LogP contribution in [-0.2, 0) is 9.53 Å². The molecule has 0 saturated carbocycles. The maximum Gasteiger partial charge on any atom is 0.309 e. The minimum absolute atomic E-state index is 0.0756. The van der Waals surface area contributed by atoms with Crippen LogP contribution in [0.5, 0.6) is 0 Å². The fourth-order valence-corrected chi connectivity index (χ4v) is 2.47.